The third-order valence-electron chi connectivity index (χ3n) is 4.09. The number of aliphatic hydroxyl groups excluding tert-OH is 1. The largest absolute Gasteiger partial charge is 0.395 e. The van der Waals surface area contributed by atoms with Crippen LogP contribution in [0.15, 0.2) is 0 Å². The van der Waals surface area contributed by atoms with Gasteiger partial charge >= 0.3 is 11.8 Å². The molecule has 0 aromatic rings. The minimum absolute atomic E-state index is 0.0735. The molecule has 20 heavy (non-hydrogen) atoms. The molecule has 0 atom stereocenters. The fourth-order valence-electron chi connectivity index (χ4n) is 3.46. The number of rotatable bonds is 3. The van der Waals surface area contributed by atoms with Gasteiger partial charge in [-0.15, -0.1) is 0 Å². The number of piperidine rings is 1. The molecular weight excluding hydrogens is 260 g/mol. The molecule has 2 amide bonds. The van der Waals surface area contributed by atoms with Gasteiger partial charge in [0.15, 0.2) is 0 Å². The molecule has 5 N–H and O–H groups in total. The SMILES string of the molecule is CC1(C)CC(N(N)C(=O)C(N)=O)CC(C)(C)N1CCO. The van der Waals surface area contributed by atoms with Crippen molar-refractivity contribution in [3.8, 4) is 0 Å². The van der Waals surface area contributed by atoms with E-state index in [1.807, 2.05) is 27.7 Å². The van der Waals surface area contributed by atoms with E-state index in [1.165, 1.54) is 0 Å². The molecule has 1 heterocycles. The molecule has 0 spiro atoms. The van der Waals surface area contributed by atoms with Crippen LogP contribution in [0.1, 0.15) is 40.5 Å². The maximum absolute atomic E-state index is 11.6. The normalized spacial score (nSPS) is 22.5. The third-order valence-corrected chi connectivity index (χ3v) is 4.09. The number of hydrogen-bond donors (Lipinski definition) is 3. The first-order valence-corrected chi connectivity index (χ1v) is 6.79. The van der Waals surface area contributed by atoms with Crippen LogP contribution >= 0.6 is 0 Å². The first-order valence-electron chi connectivity index (χ1n) is 6.79. The summed E-state index contributed by atoms with van der Waals surface area (Å²) in [6.45, 7) is 8.79. The minimum Gasteiger partial charge on any atom is -0.395 e. The van der Waals surface area contributed by atoms with E-state index >= 15 is 0 Å². The van der Waals surface area contributed by atoms with Crippen LogP contribution in [0.4, 0.5) is 0 Å². The van der Waals surface area contributed by atoms with Gasteiger partial charge in [0.05, 0.1) is 12.6 Å². The van der Waals surface area contributed by atoms with Crippen LogP contribution < -0.4 is 11.6 Å². The van der Waals surface area contributed by atoms with E-state index in [4.69, 9.17) is 11.6 Å². The van der Waals surface area contributed by atoms with Crippen molar-refractivity contribution in [1.29, 1.82) is 0 Å². The molecule has 0 radical (unpaired) electrons. The molecule has 1 rings (SSSR count). The molecule has 1 fully saturated rings. The second-order valence-electron chi connectivity index (χ2n) is 6.64. The summed E-state index contributed by atoms with van der Waals surface area (Å²) in [6.07, 6.45) is 1.23. The van der Waals surface area contributed by atoms with Gasteiger partial charge in [0.1, 0.15) is 0 Å². The van der Waals surface area contributed by atoms with E-state index in [9.17, 15) is 14.7 Å². The highest BCUT2D eigenvalue weighted by Gasteiger charge is 2.47. The number of likely N-dealkylation sites (tertiary alicyclic amines) is 1. The molecule has 1 aliphatic rings. The minimum atomic E-state index is -1.04. The number of primary amides is 1. The second kappa shape index (κ2) is 5.67. The Kier molecular flexibility index (Phi) is 4.78. The summed E-state index contributed by atoms with van der Waals surface area (Å²) in [5.41, 5.74) is 4.51. The number of nitrogens with zero attached hydrogens (tertiary/aromatic N) is 2. The van der Waals surface area contributed by atoms with Gasteiger partial charge in [-0.2, -0.15) is 0 Å². The average Bonchev–Trinajstić information content (AvgIpc) is 2.30. The fraction of sp³-hybridized carbons (Fsp3) is 0.846. The predicted octanol–water partition coefficient (Wildman–Crippen LogP) is -0.812. The lowest BCUT2D eigenvalue weighted by Gasteiger charge is -2.56. The molecule has 0 aliphatic carbocycles. The van der Waals surface area contributed by atoms with Crippen molar-refractivity contribution in [2.24, 2.45) is 11.6 Å². The first-order chi connectivity index (χ1) is 9.03. The Labute approximate surface area is 119 Å². The Morgan fingerprint density at radius 1 is 1.25 bits per heavy atom. The molecule has 0 unspecified atom stereocenters. The summed E-state index contributed by atoms with van der Waals surface area (Å²) in [4.78, 5) is 24.8. The summed E-state index contributed by atoms with van der Waals surface area (Å²) >= 11 is 0. The molecular formula is C13H26N4O3. The maximum atomic E-state index is 11.6. The quantitative estimate of drug-likeness (QED) is 0.272. The van der Waals surface area contributed by atoms with E-state index in [0.717, 1.165) is 5.01 Å². The van der Waals surface area contributed by atoms with Crippen molar-refractivity contribution in [3.63, 3.8) is 0 Å². The smallest absolute Gasteiger partial charge is 0.325 e. The molecule has 0 aromatic carbocycles. The van der Waals surface area contributed by atoms with Gasteiger partial charge in [-0.05, 0) is 40.5 Å². The van der Waals surface area contributed by atoms with Gasteiger partial charge in [0, 0.05) is 17.6 Å². The fourth-order valence-corrected chi connectivity index (χ4v) is 3.46. The maximum Gasteiger partial charge on any atom is 0.325 e. The van der Waals surface area contributed by atoms with Crippen molar-refractivity contribution in [2.45, 2.75) is 57.7 Å². The number of aliphatic hydroxyl groups is 1. The standard InChI is InChI=1S/C13H26N4O3/c1-12(2)7-9(17(15)11(20)10(14)19)8-13(3,4)16(12)5-6-18/h9,18H,5-8,15H2,1-4H3,(H2,14,19). The van der Waals surface area contributed by atoms with Crippen molar-refractivity contribution in [1.82, 2.24) is 9.91 Å². The predicted molar refractivity (Wildman–Crippen MR) is 75.2 cm³/mol. The van der Waals surface area contributed by atoms with Gasteiger partial charge in [0.25, 0.3) is 0 Å². The third kappa shape index (κ3) is 3.28. The Balaban J connectivity index is 2.97. The number of β-amino-alcohol motifs (C(OH)–C–C–N with tert-alkyl or cyclic N) is 1. The van der Waals surface area contributed by atoms with Crippen LogP contribution in [0, 0.1) is 0 Å². The van der Waals surface area contributed by atoms with Crippen LogP contribution in [-0.4, -0.2) is 57.1 Å². The molecule has 0 aromatic heterocycles. The highest BCUT2D eigenvalue weighted by atomic mass is 16.3. The van der Waals surface area contributed by atoms with E-state index < -0.39 is 11.8 Å². The highest BCUT2D eigenvalue weighted by Crippen LogP contribution is 2.39. The van der Waals surface area contributed by atoms with Crippen molar-refractivity contribution in [2.75, 3.05) is 13.2 Å². The van der Waals surface area contributed by atoms with E-state index in [2.05, 4.69) is 4.90 Å². The Morgan fingerprint density at radius 3 is 2.05 bits per heavy atom. The zero-order valence-corrected chi connectivity index (χ0v) is 12.7. The zero-order valence-electron chi connectivity index (χ0n) is 12.7. The monoisotopic (exact) mass is 286 g/mol. The number of nitrogens with two attached hydrogens (primary N) is 2. The van der Waals surface area contributed by atoms with Crippen LogP contribution in [0.3, 0.4) is 0 Å². The molecule has 1 aliphatic heterocycles. The van der Waals surface area contributed by atoms with E-state index in [-0.39, 0.29) is 23.7 Å². The van der Waals surface area contributed by atoms with Gasteiger partial charge < -0.3 is 10.8 Å². The number of carbonyl (C=O) groups excluding carboxylic acids is 2. The molecule has 7 heteroatoms. The lowest BCUT2D eigenvalue weighted by atomic mass is 9.76. The number of amides is 2. The summed E-state index contributed by atoms with van der Waals surface area (Å²) < 4.78 is 0. The first kappa shape index (κ1) is 16.9. The zero-order chi connectivity index (χ0) is 15.7. The number of hydrazine groups is 1. The summed E-state index contributed by atoms with van der Waals surface area (Å²) in [5.74, 6) is 3.87. The summed E-state index contributed by atoms with van der Waals surface area (Å²) in [7, 11) is 0. The van der Waals surface area contributed by atoms with Crippen LogP contribution in [0.2, 0.25) is 0 Å². The van der Waals surface area contributed by atoms with E-state index in [1.54, 1.807) is 0 Å². The molecule has 7 nitrogen and oxygen atoms in total. The van der Waals surface area contributed by atoms with E-state index in [0.29, 0.717) is 19.4 Å². The number of hydrogen-bond acceptors (Lipinski definition) is 5. The van der Waals surface area contributed by atoms with Crippen molar-refractivity contribution >= 4 is 11.8 Å². The molecule has 1 saturated heterocycles. The Hall–Kier alpha value is -1.18. The second-order valence-corrected chi connectivity index (χ2v) is 6.64. The number of carbonyl (C=O) groups is 2. The van der Waals surface area contributed by atoms with Crippen molar-refractivity contribution < 1.29 is 14.7 Å². The van der Waals surface area contributed by atoms with Crippen LogP contribution in [0.25, 0.3) is 0 Å². The van der Waals surface area contributed by atoms with Crippen LogP contribution in [0.5, 0.6) is 0 Å². The molecule has 0 bridgehead atoms. The van der Waals surface area contributed by atoms with Crippen molar-refractivity contribution in [3.05, 3.63) is 0 Å². The highest BCUT2D eigenvalue weighted by molar-refractivity contribution is 6.34. The van der Waals surface area contributed by atoms with Gasteiger partial charge in [0.2, 0.25) is 0 Å². The van der Waals surface area contributed by atoms with Gasteiger partial charge in [-0.1, -0.05) is 0 Å². The van der Waals surface area contributed by atoms with Gasteiger partial charge in [-0.3, -0.25) is 19.5 Å². The lowest BCUT2D eigenvalue weighted by molar-refractivity contribution is -0.150. The lowest BCUT2D eigenvalue weighted by Crippen LogP contribution is -2.66. The Bertz CT molecular complexity index is 377. The summed E-state index contributed by atoms with van der Waals surface area (Å²) in [5, 5.41) is 10.2. The van der Waals surface area contributed by atoms with Gasteiger partial charge in [-0.25, -0.2) is 5.84 Å². The topological polar surface area (TPSA) is 113 Å². The van der Waals surface area contributed by atoms with Crippen LogP contribution in [-0.2, 0) is 9.59 Å². The Morgan fingerprint density at radius 2 is 1.70 bits per heavy atom. The molecule has 0 saturated carbocycles. The molecule has 116 valence electrons. The summed E-state index contributed by atoms with van der Waals surface area (Å²) in [6, 6.07) is -0.255. The average molecular weight is 286 g/mol.